The van der Waals surface area contributed by atoms with Gasteiger partial charge in [0.05, 0.1) is 5.69 Å². The van der Waals surface area contributed by atoms with Crippen molar-refractivity contribution in [3.05, 3.63) is 64.8 Å². The van der Waals surface area contributed by atoms with Crippen LogP contribution in [-0.4, -0.2) is 23.1 Å². The summed E-state index contributed by atoms with van der Waals surface area (Å²) in [5.74, 6) is 0.843. The quantitative estimate of drug-likeness (QED) is 0.567. The van der Waals surface area contributed by atoms with E-state index >= 15 is 0 Å². The summed E-state index contributed by atoms with van der Waals surface area (Å²) < 4.78 is 14.2. The molecule has 2 atom stereocenters. The number of halogens is 2. The number of pyridine rings is 1. The predicted molar refractivity (Wildman–Crippen MR) is 107 cm³/mol. The molecule has 2 N–H and O–H groups in total. The van der Waals surface area contributed by atoms with E-state index in [0.29, 0.717) is 11.8 Å². The number of hydrogen-bond acceptors (Lipinski definition) is 2. The molecule has 0 radical (unpaired) electrons. The van der Waals surface area contributed by atoms with Crippen LogP contribution in [-0.2, 0) is 0 Å². The van der Waals surface area contributed by atoms with Crippen LogP contribution >= 0.6 is 15.9 Å². The molecular weight excluding hydrogens is 393 g/mol. The number of nitrogens with zero attached hydrogens (tertiary/aromatic N) is 1. The standard InChI is InChI=1S/C21H21BrFN3/c1-13-12-24-8-7-17(13)19-11-18(15-6-9-25-20(22)10-15)21(26-19)14-2-4-16(23)5-3-14/h2-6,9-11,13,17,24,26H,7-8,12H2,1H3/t13-,17+/m1/s1. The second-order valence-electron chi connectivity index (χ2n) is 6.96. The van der Waals surface area contributed by atoms with Gasteiger partial charge in [0.15, 0.2) is 0 Å². The molecule has 1 aromatic carbocycles. The topological polar surface area (TPSA) is 40.7 Å². The number of H-pyrrole nitrogens is 1. The maximum absolute atomic E-state index is 13.4. The van der Waals surface area contributed by atoms with Crippen molar-refractivity contribution in [2.45, 2.75) is 19.3 Å². The van der Waals surface area contributed by atoms with E-state index in [1.807, 2.05) is 24.3 Å². The maximum atomic E-state index is 13.4. The third kappa shape index (κ3) is 3.46. The first-order chi connectivity index (χ1) is 12.6. The summed E-state index contributed by atoms with van der Waals surface area (Å²) in [5, 5.41) is 3.46. The van der Waals surface area contributed by atoms with Gasteiger partial charge in [-0.05, 0) is 94.9 Å². The molecule has 134 valence electrons. The third-order valence-corrected chi connectivity index (χ3v) is 5.63. The van der Waals surface area contributed by atoms with Gasteiger partial charge in [0.1, 0.15) is 10.4 Å². The van der Waals surface area contributed by atoms with Crippen LogP contribution in [0.1, 0.15) is 25.0 Å². The molecule has 0 spiro atoms. The zero-order valence-electron chi connectivity index (χ0n) is 14.6. The van der Waals surface area contributed by atoms with Crippen LogP contribution in [0.3, 0.4) is 0 Å². The zero-order valence-corrected chi connectivity index (χ0v) is 16.2. The van der Waals surface area contributed by atoms with Gasteiger partial charge in [0, 0.05) is 23.4 Å². The van der Waals surface area contributed by atoms with E-state index in [2.05, 4.69) is 44.2 Å². The number of piperidine rings is 1. The molecule has 3 nitrogen and oxygen atoms in total. The molecule has 0 unspecified atom stereocenters. The summed E-state index contributed by atoms with van der Waals surface area (Å²) in [7, 11) is 0. The summed E-state index contributed by atoms with van der Waals surface area (Å²) in [5.41, 5.74) is 5.49. The number of nitrogens with one attached hydrogen (secondary N) is 2. The second-order valence-corrected chi connectivity index (χ2v) is 7.78. The van der Waals surface area contributed by atoms with Gasteiger partial charge in [0.25, 0.3) is 0 Å². The van der Waals surface area contributed by atoms with Crippen LogP contribution in [0.2, 0.25) is 0 Å². The minimum Gasteiger partial charge on any atom is -0.358 e. The van der Waals surface area contributed by atoms with E-state index in [1.165, 1.54) is 17.8 Å². The van der Waals surface area contributed by atoms with Crippen molar-refractivity contribution < 1.29 is 4.39 Å². The fraction of sp³-hybridized carbons (Fsp3) is 0.286. The Balaban J connectivity index is 1.83. The maximum Gasteiger partial charge on any atom is 0.123 e. The molecule has 1 fully saturated rings. The summed E-state index contributed by atoms with van der Waals surface area (Å²) in [6.45, 7) is 4.36. The molecule has 0 saturated carbocycles. The van der Waals surface area contributed by atoms with E-state index in [4.69, 9.17) is 0 Å². The van der Waals surface area contributed by atoms with Gasteiger partial charge in [-0.2, -0.15) is 0 Å². The smallest absolute Gasteiger partial charge is 0.123 e. The average molecular weight is 414 g/mol. The summed E-state index contributed by atoms with van der Waals surface area (Å²) >= 11 is 3.46. The molecule has 26 heavy (non-hydrogen) atoms. The second kappa shape index (κ2) is 7.33. The summed E-state index contributed by atoms with van der Waals surface area (Å²) in [6.07, 6.45) is 2.91. The fourth-order valence-electron chi connectivity index (χ4n) is 3.79. The lowest BCUT2D eigenvalue weighted by molar-refractivity contribution is 0.345. The average Bonchev–Trinajstić information content (AvgIpc) is 3.08. The molecule has 1 saturated heterocycles. The molecule has 0 aliphatic carbocycles. The van der Waals surface area contributed by atoms with Gasteiger partial charge in [-0.15, -0.1) is 0 Å². The Kier molecular flexibility index (Phi) is 4.92. The Bertz CT molecular complexity index is 904. The van der Waals surface area contributed by atoms with Crippen LogP contribution in [0.15, 0.2) is 53.3 Å². The van der Waals surface area contributed by atoms with Crippen molar-refractivity contribution in [2.75, 3.05) is 13.1 Å². The van der Waals surface area contributed by atoms with Gasteiger partial charge < -0.3 is 10.3 Å². The molecule has 1 aliphatic rings. The largest absolute Gasteiger partial charge is 0.358 e. The monoisotopic (exact) mass is 413 g/mol. The zero-order chi connectivity index (χ0) is 18.1. The fourth-order valence-corrected chi connectivity index (χ4v) is 4.16. The van der Waals surface area contributed by atoms with Crippen LogP contribution in [0.5, 0.6) is 0 Å². The Hall–Kier alpha value is -1.98. The Morgan fingerprint density at radius 1 is 1.12 bits per heavy atom. The molecule has 2 aromatic heterocycles. The van der Waals surface area contributed by atoms with Gasteiger partial charge in [-0.25, -0.2) is 9.37 Å². The minimum absolute atomic E-state index is 0.222. The van der Waals surface area contributed by atoms with Crippen molar-refractivity contribution >= 4 is 15.9 Å². The normalized spacial score (nSPS) is 20.3. The first-order valence-electron chi connectivity index (χ1n) is 8.93. The van der Waals surface area contributed by atoms with Crippen LogP contribution in [0.4, 0.5) is 4.39 Å². The highest BCUT2D eigenvalue weighted by atomic mass is 79.9. The van der Waals surface area contributed by atoms with E-state index < -0.39 is 0 Å². The lowest BCUT2D eigenvalue weighted by Crippen LogP contribution is -2.33. The molecule has 1 aliphatic heterocycles. The first-order valence-corrected chi connectivity index (χ1v) is 9.72. The summed E-state index contributed by atoms with van der Waals surface area (Å²) in [6, 6.07) is 13.0. The Morgan fingerprint density at radius 3 is 2.65 bits per heavy atom. The highest BCUT2D eigenvalue weighted by Crippen LogP contribution is 2.38. The number of benzene rings is 1. The van der Waals surface area contributed by atoms with Gasteiger partial charge in [0.2, 0.25) is 0 Å². The third-order valence-electron chi connectivity index (χ3n) is 5.19. The minimum atomic E-state index is -0.222. The van der Waals surface area contributed by atoms with Crippen molar-refractivity contribution in [2.24, 2.45) is 5.92 Å². The highest BCUT2D eigenvalue weighted by molar-refractivity contribution is 9.10. The molecule has 5 heteroatoms. The number of hydrogen-bond donors (Lipinski definition) is 2. The Labute approximate surface area is 161 Å². The van der Waals surface area contributed by atoms with Crippen LogP contribution in [0, 0.1) is 11.7 Å². The highest BCUT2D eigenvalue weighted by Gasteiger charge is 2.25. The van der Waals surface area contributed by atoms with E-state index in [0.717, 1.165) is 46.5 Å². The number of aromatic nitrogens is 2. The molecule has 0 amide bonds. The summed E-state index contributed by atoms with van der Waals surface area (Å²) in [4.78, 5) is 7.89. The predicted octanol–water partition coefficient (Wildman–Crippen LogP) is 5.36. The van der Waals surface area contributed by atoms with E-state index in [-0.39, 0.29) is 5.82 Å². The molecule has 3 heterocycles. The van der Waals surface area contributed by atoms with Crippen LogP contribution < -0.4 is 5.32 Å². The van der Waals surface area contributed by atoms with Crippen molar-refractivity contribution in [1.29, 1.82) is 0 Å². The molecule has 3 aromatic rings. The van der Waals surface area contributed by atoms with Gasteiger partial charge >= 0.3 is 0 Å². The molecule has 0 bridgehead atoms. The van der Waals surface area contributed by atoms with Gasteiger partial charge in [-0.3, -0.25) is 0 Å². The van der Waals surface area contributed by atoms with Crippen molar-refractivity contribution in [1.82, 2.24) is 15.3 Å². The lowest BCUT2D eigenvalue weighted by atomic mass is 9.85. The molecule has 4 rings (SSSR count). The van der Waals surface area contributed by atoms with E-state index in [1.54, 1.807) is 6.20 Å². The van der Waals surface area contributed by atoms with Gasteiger partial charge in [-0.1, -0.05) is 6.92 Å². The number of rotatable bonds is 3. The van der Waals surface area contributed by atoms with Crippen LogP contribution in [0.25, 0.3) is 22.4 Å². The number of aromatic amines is 1. The van der Waals surface area contributed by atoms with E-state index in [9.17, 15) is 4.39 Å². The van der Waals surface area contributed by atoms with Crippen molar-refractivity contribution in [3.63, 3.8) is 0 Å². The lowest BCUT2D eigenvalue weighted by Gasteiger charge is -2.28. The first kappa shape index (κ1) is 17.4. The Morgan fingerprint density at radius 2 is 1.92 bits per heavy atom. The SMILES string of the molecule is C[C@@H]1CNCC[C@@H]1c1cc(-c2ccnc(Br)c2)c(-c2ccc(F)cc2)[nH]1. The van der Waals surface area contributed by atoms with Crippen molar-refractivity contribution in [3.8, 4) is 22.4 Å². The molecular formula is C21H21BrFN3.